The van der Waals surface area contributed by atoms with Crippen LogP contribution in [0.2, 0.25) is 0 Å². The van der Waals surface area contributed by atoms with Crippen molar-refractivity contribution in [3.05, 3.63) is 39.9 Å². The molecule has 1 aliphatic rings. The van der Waals surface area contributed by atoms with Crippen LogP contribution in [-0.2, 0) is 0 Å². The first-order chi connectivity index (χ1) is 9.04. The van der Waals surface area contributed by atoms with Crippen LogP contribution in [0.1, 0.15) is 31.4 Å². The summed E-state index contributed by atoms with van der Waals surface area (Å²) < 4.78 is 0. The molecule has 19 heavy (non-hydrogen) atoms. The van der Waals surface area contributed by atoms with Crippen LogP contribution in [0.4, 0.5) is 5.69 Å². The Morgan fingerprint density at radius 3 is 2.42 bits per heavy atom. The first kappa shape index (κ1) is 14.0. The molecule has 1 aliphatic carbocycles. The van der Waals surface area contributed by atoms with Crippen molar-refractivity contribution < 1.29 is 4.92 Å². The van der Waals surface area contributed by atoms with Gasteiger partial charge in [0, 0.05) is 30.8 Å². The molecule has 2 atom stereocenters. The molecule has 0 spiro atoms. The predicted octanol–water partition coefficient (Wildman–Crippen LogP) is 2.32. The molecule has 0 bridgehead atoms. The summed E-state index contributed by atoms with van der Waals surface area (Å²) in [5.41, 5.74) is 7.09. The molecule has 1 saturated carbocycles. The Labute approximate surface area is 113 Å². The smallest absolute Gasteiger partial charge is 0.269 e. The average Bonchev–Trinajstić information content (AvgIpc) is 3.23. The molecule has 0 radical (unpaired) electrons. The largest absolute Gasteiger partial charge is 0.329 e. The molecule has 0 amide bonds. The maximum Gasteiger partial charge on any atom is 0.269 e. The third kappa shape index (κ3) is 3.11. The molecule has 0 aromatic heterocycles. The number of non-ortho nitro benzene ring substituents is 1. The van der Waals surface area contributed by atoms with E-state index in [1.165, 1.54) is 12.8 Å². The summed E-state index contributed by atoms with van der Waals surface area (Å²) in [6, 6.07) is 7.42. The highest BCUT2D eigenvalue weighted by Gasteiger charge is 2.34. The van der Waals surface area contributed by atoms with Crippen LogP contribution >= 0.6 is 0 Å². The van der Waals surface area contributed by atoms with Gasteiger partial charge in [-0.1, -0.05) is 12.1 Å². The molecular weight excluding hydrogens is 242 g/mol. The van der Waals surface area contributed by atoms with Crippen molar-refractivity contribution in [2.45, 2.75) is 31.8 Å². The highest BCUT2D eigenvalue weighted by Crippen LogP contribution is 2.37. The Morgan fingerprint density at radius 1 is 1.42 bits per heavy atom. The van der Waals surface area contributed by atoms with Crippen LogP contribution in [0.15, 0.2) is 24.3 Å². The van der Waals surface area contributed by atoms with Crippen molar-refractivity contribution in [1.82, 2.24) is 4.90 Å². The molecule has 104 valence electrons. The molecule has 0 heterocycles. The Balaban J connectivity index is 2.09. The zero-order valence-electron chi connectivity index (χ0n) is 11.5. The molecule has 5 nitrogen and oxygen atoms in total. The third-order valence-electron chi connectivity index (χ3n) is 4.13. The molecular formula is C14H21N3O2. The summed E-state index contributed by atoms with van der Waals surface area (Å²) in [6.45, 7) is 2.78. The monoisotopic (exact) mass is 263 g/mol. The Hall–Kier alpha value is -1.46. The molecule has 5 heteroatoms. The zero-order chi connectivity index (χ0) is 14.0. The van der Waals surface area contributed by atoms with Crippen LogP contribution < -0.4 is 5.73 Å². The number of likely N-dealkylation sites (N-methyl/N-ethyl adjacent to an activating group) is 1. The lowest BCUT2D eigenvalue weighted by molar-refractivity contribution is -0.384. The lowest BCUT2D eigenvalue weighted by Crippen LogP contribution is -2.41. The van der Waals surface area contributed by atoms with E-state index >= 15 is 0 Å². The van der Waals surface area contributed by atoms with E-state index in [-0.39, 0.29) is 16.7 Å². The van der Waals surface area contributed by atoms with Gasteiger partial charge in [0.15, 0.2) is 0 Å². The van der Waals surface area contributed by atoms with Gasteiger partial charge < -0.3 is 5.73 Å². The van der Waals surface area contributed by atoms with Crippen LogP contribution in [0, 0.1) is 16.0 Å². The highest BCUT2D eigenvalue weighted by molar-refractivity contribution is 5.34. The maximum absolute atomic E-state index is 10.6. The summed E-state index contributed by atoms with van der Waals surface area (Å²) in [4.78, 5) is 12.6. The van der Waals surface area contributed by atoms with Crippen molar-refractivity contribution in [2.75, 3.05) is 13.6 Å². The summed E-state index contributed by atoms with van der Waals surface area (Å²) >= 11 is 0. The number of benzene rings is 1. The topological polar surface area (TPSA) is 72.4 Å². The first-order valence-corrected chi connectivity index (χ1v) is 6.71. The van der Waals surface area contributed by atoms with Crippen molar-refractivity contribution in [3.8, 4) is 0 Å². The summed E-state index contributed by atoms with van der Waals surface area (Å²) in [5.74, 6) is 0.718. The van der Waals surface area contributed by atoms with Gasteiger partial charge in [-0.3, -0.25) is 15.0 Å². The summed E-state index contributed by atoms with van der Waals surface area (Å²) in [7, 11) is 2.09. The van der Waals surface area contributed by atoms with Gasteiger partial charge in [-0.05, 0) is 38.3 Å². The SMILES string of the molecule is CC(c1ccc([N+](=O)[O-])cc1)N(C)C(CN)C1CC1. The summed E-state index contributed by atoms with van der Waals surface area (Å²) in [5, 5.41) is 10.6. The second kappa shape index (κ2) is 5.67. The molecule has 1 fully saturated rings. The molecule has 0 saturated heterocycles. The molecule has 0 aliphatic heterocycles. The number of nitrogens with two attached hydrogens (primary N) is 1. The fourth-order valence-electron chi connectivity index (χ4n) is 2.57. The van der Waals surface area contributed by atoms with E-state index in [4.69, 9.17) is 5.73 Å². The Bertz CT molecular complexity index is 443. The third-order valence-corrected chi connectivity index (χ3v) is 4.13. The van der Waals surface area contributed by atoms with E-state index in [0.29, 0.717) is 12.6 Å². The van der Waals surface area contributed by atoms with Gasteiger partial charge in [-0.15, -0.1) is 0 Å². The molecule has 1 aromatic rings. The first-order valence-electron chi connectivity index (χ1n) is 6.71. The van der Waals surface area contributed by atoms with E-state index in [1.807, 2.05) is 12.1 Å². The minimum absolute atomic E-state index is 0.135. The van der Waals surface area contributed by atoms with Gasteiger partial charge in [0.05, 0.1) is 4.92 Å². The number of nitro groups is 1. The van der Waals surface area contributed by atoms with Crippen LogP contribution in [-0.4, -0.2) is 29.5 Å². The number of rotatable bonds is 6. The highest BCUT2D eigenvalue weighted by atomic mass is 16.6. The van der Waals surface area contributed by atoms with E-state index in [1.54, 1.807) is 12.1 Å². The average molecular weight is 263 g/mol. The molecule has 2 N–H and O–H groups in total. The lowest BCUT2D eigenvalue weighted by atomic mass is 10.0. The fraction of sp³-hybridized carbons (Fsp3) is 0.571. The Kier molecular flexibility index (Phi) is 4.17. The van der Waals surface area contributed by atoms with Gasteiger partial charge in [0.1, 0.15) is 0 Å². The predicted molar refractivity (Wildman–Crippen MR) is 74.8 cm³/mol. The summed E-state index contributed by atoms with van der Waals surface area (Å²) in [6.07, 6.45) is 2.53. The van der Waals surface area contributed by atoms with Gasteiger partial charge >= 0.3 is 0 Å². The quantitative estimate of drug-likeness (QED) is 0.631. The standard InChI is InChI=1S/C14H21N3O2/c1-10(16(2)14(9-15)12-3-4-12)11-5-7-13(8-6-11)17(18)19/h5-8,10,12,14H,3-4,9,15H2,1-2H3. The molecule has 2 unspecified atom stereocenters. The van der Waals surface area contributed by atoms with Crippen LogP contribution in [0.5, 0.6) is 0 Å². The molecule has 2 rings (SSSR count). The van der Waals surface area contributed by atoms with E-state index < -0.39 is 0 Å². The number of hydrogen-bond acceptors (Lipinski definition) is 4. The van der Waals surface area contributed by atoms with Gasteiger partial charge in [-0.25, -0.2) is 0 Å². The number of hydrogen-bond donors (Lipinski definition) is 1. The van der Waals surface area contributed by atoms with Crippen LogP contribution in [0.25, 0.3) is 0 Å². The van der Waals surface area contributed by atoms with Crippen molar-refractivity contribution in [3.63, 3.8) is 0 Å². The van der Waals surface area contributed by atoms with E-state index in [9.17, 15) is 10.1 Å². The van der Waals surface area contributed by atoms with E-state index in [2.05, 4.69) is 18.9 Å². The van der Waals surface area contributed by atoms with Gasteiger partial charge in [0.2, 0.25) is 0 Å². The zero-order valence-corrected chi connectivity index (χ0v) is 11.5. The number of nitro benzene ring substituents is 1. The van der Waals surface area contributed by atoms with Gasteiger partial charge in [0.25, 0.3) is 5.69 Å². The van der Waals surface area contributed by atoms with Crippen molar-refractivity contribution in [2.24, 2.45) is 11.7 Å². The minimum atomic E-state index is -0.370. The van der Waals surface area contributed by atoms with E-state index in [0.717, 1.165) is 11.5 Å². The van der Waals surface area contributed by atoms with Gasteiger partial charge in [-0.2, -0.15) is 0 Å². The molecule has 1 aromatic carbocycles. The lowest BCUT2D eigenvalue weighted by Gasteiger charge is -2.33. The normalized spacial score (nSPS) is 18.3. The van der Waals surface area contributed by atoms with Crippen molar-refractivity contribution >= 4 is 5.69 Å². The second-order valence-electron chi connectivity index (χ2n) is 5.33. The maximum atomic E-state index is 10.6. The number of nitrogens with zero attached hydrogens (tertiary/aromatic N) is 2. The fourth-order valence-corrected chi connectivity index (χ4v) is 2.57. The second-order valence-corrected chi connectivity index (χ2v) is 5.33. The van der Waals surface area contributed by atoms with Crippen molar-refractivity contribution in [1.29, 1.82) is 0 Å². The minimum Gasteiger partial charge on any atom is -0.329 e. The van der Waals surface area contributed by atoms with Crippen LogP contribution in [0.3, 0.4) is 0 Å². The Morgan fingerprint density at radius 2 is 2.00 bits per heavy atom.